The average Bonchev–Trinajstić information content (AvgIpc) is 3.24. The molecule has 0 heterocycles. The molecule has 0 aromatic heterocycles. The third-order valence-corrected chi connectivity index (χ3v) is 9.96. The molecule has 0 aliphatic rings. The highest BCUT2D eigenvalue weighted by Gasteiger charge is 2.18. The fourth-order valence-electron chi connectivity index (χ4n) is 6.37. The molecule has 0 rings (SSSR count). The Balaban J connectivity index is 4.59. The summed E-state index contributed by atoms with van der Waals surface area (Å²) in [7, 11) is 3.94. The number of hydrogen-bond donors (Lipinski definition) is 0. The second-order valence-corrected chi connectivity index (χ2v) is 16.2. The summed E-state index contributed by atoms with van der Waals surface area (Å²) in [6.45, 7) is 9.24. The van der Waals surface area contributed by atoms with Gasteiger partial charge < -0.3 is 33.3 Å². The van der Waals surface area contributed by atoms with Crippen molar-refractivity contribution in [2.75, 3.05) is 53.7 Å². The van der Waals surface area contributed by atoms with Gasteiger partial charge in [0, 0.05) is 32.6 Å². The van der Waals surface area contributed by atoms with Crippen molar-refractivity contribution in [1.29, 1.82) is 0 Å². The van der Waals surface area contributed by atoms with Gasteiger partial charge in [0.2, 0.25) is 0 Å². The number of carbonyl (C=O) groups excluding carboxylic acids is 3. The molecule has 0 saturated carbocycles. The smallest absolute Gasteiger partial charge is 0.466 e. The van der Waals surface area contributed by atoms with Crippen molar-refractivity contribution in [2.45, 2.75) is 207 Å². The van der Waals surface area contributed by atoms with Crippen LogP contribution in [0.4, 0.5) is 4.79 Å². The van der Waals surface area contributed by atoms with Gasteiger partial charge in [-0.2, -0.15) is 0 Å². The zero-order valence-corrected chi connectivity index (χ0v) is 39.7. The molecule has 0 radical (unpaired) electrons. The van der Waals surface area contributed by atoms with E-state index in [4.69, 9.17) is 28.4 Å². The monoisotopic (exact) mass is 862 g/mol. The predicted molar refractivity (Wildman–Crippen MR) is 251 cm³/mol. The van der Waals surface area contributed by atoms with Crippen molar-refractivity contribution in [3.05, 3.63) is 48.6 Å². The molecule has 0 aromatic rings. The topological polar surface area (TPSA) is 110 Å². The summed E-state index contributed by atoms with van der Waals surface area (Å²) in [4.78, 5) is 39.6. The second-order valence-electron chi connectivity index (χ2n) is 16.2. The lowest BCUT2D eigenvalue weighted by atomic mass is 10.1. The average molecular weight is 862 g/mol. The van der Waals surface area contributed by atoms with E-state index in [-0.39, 0.29) is 38.2 Å². The predicted octanol–water partition coefficient (Wildman–Crippen LogP) is 13.3. The van der Waals surface area contributed by atoms with Crippen molar-refractivity contribution in [3.63, 3.8) is 0 Å². The number of hydrogen-bond acceptors (Lipinski definition) is 10. The van der Waals surface area contributed by atoms with Crippen LogP contribution in [-0.4, -0.2) is 89.1 Å². The van der Waals surface area contributed by atoms with Crippen molar-refractivity contribution < 1.29 is 42.8 Å². The van der Waals surface area contributed by atoms with Gasteiger partial charge in [0.1, 0.15) is 6.10 Å². The SMILES string of the molecule is CC/C=C\CCCCOC(CCC(=O)OCCCC(CCCOC(=O)CCCCCCC/C=C\C/C=C\CCCCC)OC(=O)OCCCN(C)C)OCCCC/C=C\CC. The molecule has 0 saturated heterocycles. The first-order valence-electron chi connectivity index (χ1n) is 24.4. The molecule has 61 heavy (non-hydrogen) atoms. The van der Waals surface area contributed by atoms with Crippen molar-refractivity contribution in [1.82, 2.24) is 4.90 Å². The third kappa shape index (κ3) is 44.9. The van der Waals surface area contributed by atoms with Crippen molar-refractivity contribution >= 4 is 18.1 Å². The Morgan fingerprint density at radius 1 is 0.475 bits per heavy atom. The van der Waals surface area contributed by atoms with E-state index in [2.05, 4.69) is 69.4 Å². The minimum Gasteiger partial charge on any atom is -0.466 e. The third-order valence-electron chi connectivity index (χ3n) is 9.96. The van der Waals surface area contributed by atoms with E-state index < -0.39 is 18.5 Å². The van der Waals surface area contributed by atoms with Crippen molar-refractivity contribution in [2.24, 2.45) is 0 Å². The molecule has 0 N–H and O–H groups in total. The second kappa shape index (κ2) is 46.6. The van der Waals surface area contributed by atoms with E-state index in [1.165, 1.54) is 38.5 Å². The van der Waals surface area contributed by atoms with Gasteiger partial charge in [-0.05, 0) is 136 Å². The number of allylic oxidation sites excluding steroid dienone is 8. The molecule has 354 valence electrons. The Bertz CT molecular complexity index is 1100. The van der Waals surface area contributed by atoms with Crippen LogP contribution < -0.4 is 0 Å². The first-order valence-corrected chi connectivity index (χ1v) is 24.4. The van der Waals surface area contributed by atoms with Gasteiger partial charge in [-0.25, -0.2) is 4.79 Å². The summed E-state index contributed by atoms with van der Waals surface area (Å²) < 4.78 is 34.1. The maximum absolute atomic E-state index is 12.7. The highest BCUT2D eigenvalue weighted by Crippen LogP contribution is 2.15. The molecule has 10 nitrogen and oxygen atoms in total. The van der Waals surface area contributed by atoms with Crippen molar-refractivity contribution in [3.8, 4) is 0 Å². The first-order chi connectivity index (χ1) is 29.8. The number of ether oxygens (including phenoxy) is 6. The lowest BCUT2D eigenvalue weighted by molar-refractivity contribution is -0.159. The van der Waals surface area contributed by atoms with Crippen LogP contribution in [0.5, 0.6) is 0 Å². The van der Waals surface area contributed by atoms with Gasteiger partial charge in [0.15, 0.2) is 6.29 Å². The van der Waals surface area contributed by atoms with Crippen LogP contribution in [0.15, 0.2) is 48.6 Å². The molecule has 0 amide bonds. The summed E-state index contributed by atoms with van der Waals surface area (Å²) in [6, 6.07) is 0. The standard InChI is InChI=1S/C51H91NO9/c1-6-9-12-15-18-19-20-21-22-23-24-25-26-27-30-38-48(53)56-44-33-36-47(61-51(55)60-46-35-41-52(4)5)37-34-45-57-49(54)39-40-50(58-42-31-28-16-13-10-7-2)59-43-32-29-17-14-11-8-3/h10-11,13-14,18-19,21-22,47,50H,6-9,12,15-17,20,23-46H2,1-5H3/b13-10-,14-11-,19-18-,22-21-. The van der Waals surface area contributed by atoms with E-state index in [9.17, 15) is 14.4 Å². The van der Waals surface area contributed by atoms with E-state index in [1.54, 1.807) is 0 Å². The maximum Gasteiger partial charge on any atom is 0.508 e. The molecular formula is C51H91NO9. The highest BCUT2D eigenvalue weighted by atomic mass is 16.7. The fraction of sp³-hybridized carbons (Fsp3) is 0.784. The van der Waals surface area contributed by atoms with Gasteiger partial charge in [0.25, 0.3) is 0 Å². The van der Waals surface area contributed by atoms with Gasteiger partial charge in [-0.15, -0.1) is 0 Å². The fourth-order valence-corrected chi connectivity index (χ4v) is 6.37. The Hall–Kier alpha value is -2.95. The van der Waals surface area contributed by atoms with E-state index in [1.807, 2.05) is 19.0 Å². The first kappa shape index (κ1) is 58.0. The molecule has 0 aliphatic carbocycles. The van der Waals surface area contributed by atoms with Gasteiger partial charge >= 0.3 is 18.1 Å². The minimum atomic E-state index is -0.708. The summed E-state index contributed by atoms with van der Waals surface area (Å²) >= 11 is 0. The molecule has 0 fully saturated rings. The Morgan fingerprint density at radius 3 is 1.52 bits per heavy atom. The number of carbonyl (C=O) groups is 3. The zero-order valence-electron chi connectivity index (χ0n) is 39.7. The van der Waals surface area contributed by atoms with Crippen LogP contribution in [0.1, 0.15) is 194 Å². The molecule has 0 spiro atoms. The maximum atomic E-state index is 12.7. The molecular weight excluding hydrogens is 771 g/mol. The quantitative estimate of drug-likeness (QED) is 0.0193. The molecule has 10 heteroatoms. The lowest BCUT2D eigenvalue weighted by Crippen LogP contribution is -2.22. The largest absolute Gasteiger partial charge is 0.508 e. The van der Waals surface area contributed by atoms with E-state index in [0.717, 1.165) is 90.0 Å². The van der Waals surface area contributed by atoms with E-state index in [0.29, 0.717) is 58.2 Å². The lowest BCUT2D eigenvalue weighted by Gasteiger charge is -2.19. The van der Waals surface area contributed by atoms with Crippen LogP contribution in [-0.2, 0) is 38.0 Å². The minimum absolute atomic E-state index is 0.187. The summed E-state index contributed by atoms with van der Waals surface area (Å²) in [5.74, 6) is -0.492. The molecule has 1 atom stereocenters. The Labute approximate surface area is 373 Å². The summed E-state index contributed by atoms with van der Waals surface area (Å²) in [5.41, 5.74) is 0. The molecule has 0 aliphatic heterocycles. The highest BCUT2D eigenvalue weighted by molar-refractivity contribution is 5.69. The van der Waals surface area contributed by atoms with Crippen LogP contribution in [0.2, 0.25) is 0 Å². The summed E-state index contributed by atoms with van der Waals surface area (Å²) in [5, 5.41) is 0. The van der Waals surface area contributed by atoms with Crippen LogP contribution in [0, 0.1) is 0 Å². The Morgan fingerprint density at radius 2 is 0.967 bits per heavy atom. The number of esters is 2. The molecule has 0 aromatic carbocycles. The van der Waals surface area contributed by atoms with Gasteiger partial charge in [-0.3, -0.25) is 9.59 Å². The van der Waals surface area contributed by atoms with Gasteiger partial charge in [0.05, 0.1) is 26.2 Å². The molecule has 1 unspecified atom stereocenters. The normalized spacial score (nSPS) is 12.5. The zero-order chi connectivity index (χ0) is 44.7. The van der Waals surface area contributed by atoms with Crippen LogP contribution in [0.3, 0.4) is 0 Å². The molecule has 0 bridgehead atoms. The van der Waals surface area contributed by atoms with Gasteiger partial charge in [-0.1, -0.05) is 101 Å². The number of rotatable bonds is 44. The number of unbranched alkanes of at least 4 members (excludes halogenated alkanes) is 12. The van der Waals surface area contributed by atoms with Crippen LogP contribution >= 0.6 is 0 Å². The number of nitrogens with zero attached hydrogens (tertiary/aromatic N) is 1. The summed E-state index contributed by atoms with van der Waals surface area (Å²) in [6.07, 6.45) is 40.8. The van der Waals surface area contributed by atoms with E-state index >= 15 is 0 Å². The Kier molecular flexibility index (Phi) is 44.3. The van der Waals surface area contributed by atoms with Crippen LogP contribution in [0.25, 0.3) is 0 Å².